The molecule has 0 spiro atoms. The van der Waals surface area contributed by atoms with Crippen molar-refractivity contribution < 1.29 is 4.79 Å². The van der Waals surface area contributed by atoms with Gasteiger partial charge in [-0.15, -0.1) is 0 Å². The Balaban J connectivity index is 2.22. The van der Waals surface area contributed by atoms with Gasteiger partial charge in [0.1, 0.15) is 0 Å². The number of anilines is 1. The molecule has 1 saturated carbocycles. The second kappa shape index (κ2) is 5.82. The smallest absolute Gasteiger partial charge is 0.257 e. The molecule has 5 nitrogen and oxygen atoms in total. The summed E-state index contributed by atoms with van der Waals surface area (Å²) in [4.78, 5) is 18.5. The highest BCUT2D eigenvalue weighted by atomic mass is 16.2. The van der Waals surface area contributed by atoms with Gasteiger partial charge < -0.3 is 10.3 Å². The quantitative estimate of drug-likeness (QED) is 0.629. The summed E-state index contributed by atoms with van der Waals surface area (Å²) in [5, 5.41) is 0. The molecule has 1 amide bonds. The standard InChI is InChI=1S/C13H20N4O/c1-2-17(10-6-3-4-7-10)13(18)11-8-5-9-15-12(11)16-14/h5,8-10H,2-4,6-7,14H2,1H3,(H,15,16). The first-order valence-electron chi connectivity index (χ1n) is 6.50. The van der Waals surface area contributed by atoms with E-state index in [1.54, 1.807) is 18.3 Å². The highest BCUT2D eigenvalue weighted by Gasteiger charge is 2.27. The van der Waals surface area contributed by atoms with Crippen LogP contribution in [0.5, 0.6) is 0 Å². The summed E-state index contributed by atoms with van der Waals surface area (Å²) >= 11 is 0. The summed E-state index contributed by atoms with van der Waals surface area (Å²) in [5.41, 5.74) is 3.04. The molecule has 1 aromatic rings. The van der Waals surface area contributed by atoms with E-state index in [0.29, 0.717) is 17.4 Å². The third kappa shape index (κ3) is 2.46. The molecule has 0 saturated heterocycles. The normalized spacial score (nSPS) is 15.7. The number of hydrazine groups is 1. The number of nitrogens with zero attached hydrogens (tertiary/aromatic N) is 2. The molecule has 1 fully saturated rings. The van der Waals surface area contributed by atoms with E-state index in [9.17, 15) is 4.79 Å². The average molecular weight is 248 g/mol. The number of amides is 1. The molecule has 0 unspecified atom stereocenters. The minimum atomic E-state index is 0.0189. The molecule has 2 rings (SSSR count). The van der Waals surface area contributed by atoms with Crippen molar-refractivity contribution in [1.82, 2.24) is 9.88 Å². The molecule has 0 atom stereocenters. The Hall–Kier alpha value is -1.62. The molecule has 1 heterocycles. The molecule has 98 valence electrons. The van der Waals surface area contributed by atoms with Gasteiger partial charge in [-0.2, -0.15) is 0 Å². The van der Waals surface area contributed by atoms with Crippen molar-refractivity contribution in [2.45, 2.75) is 38.6 Å². The maximum Gasteiger partial charge on any atom is 0.257 e. The number of carbonyl (C=O) groups is 1. The van der Waals surface area contributed by atoms with Crippen LogP contribution in [0.2, 0.25) is 0 Å². The lowest BCUT2D eigenvalue weighted by molar-refractivity contribution is 0.0694. The van der Waals surface area contributed by atoms with Crippen molar-refractivity contribution in [1.29, 1.82) is 0 Å². The van der Waals surface area contributed by atoms with Crippen LogP contribution in [0.25, 0.3) is 0 Å². The van der Waals surface area contributed by atoms with Crippen LogP contribution in [-0.4, -0.2) is 28.4 Å². The van der Waals surface area contributed by atoms with Gasteiger partial charge in [0.15, 0.2) is 5.82 Å². The lowest BCUT2D eigenvalue weighted by Crippen LogP contribution is -2.39. The number of nitrogens with one attached hydrogen (secondary N) is 1. The number of hydrogen-bond acceptors (Lipinski definition) is 4. The van der Waals surface area contributed by atoms with Crippen LogP contribution >= 0.6 is 0 Å². The second-order valence-electron chi connectivity index (χ2n) is 4.57. The Bertz CT molecular complexity index is 415. The lowest BCUT2D eigenvalue weighted by Gasteiger charge is -2.28. The second-order valence-corrected chi connectivity index (χ2v) is 4.57. The van der Waals surface area contributed by atoms with Crippen molar-refractivity contribution in [2.75, 3.05) is 12.0 Å². The van der Waals surface area contributed by atoms with Crippen LogP contribution in [0, 0.1) is 0 Å². The third-order valence-corrected chi connectivity index (χ3v) is 3.54. The van der Waals surface area contributed by atoms with E-state index < -0.39 is 0 Å². The average Bonchev–Trinajstić information content (AvgIpc) is 2.93. The Labute approximate surface area is 107 Å². The van der Waals surface area contributed by atoms with E-state index in [0.717, 1.165) is 19.4 Å². The zero-order chi connectivity index (χ0) is 13.0. The minimum Gasteiger partial charge on any atom is -0.336 e. The molecular formula is C13H20N4O. The topological polar surface area (TPSA) is 71.2 Å². The van der Waals surface area contributed by atoms with Gasteiger partial charge in [0.05, 0.1) is 5.56 Å². The summed E-state index contributed by atoms with van der Waals surface area (Å²) in [6, 6.07) is 3.90. The maximum atomic E-state index is 12.5. The summed E-state index contributed by atoms with van der Waals surface area (Å²) in [6.45, 7) is 2.74. The molecule has 1 aromatic heterocycles. The number of nitrogen functional groups attached to an aromatic ring is 1. The fraction of sp³-hybridized carbons (Fsp3) is 0.538. The van der Waals surface area contributed by atoms with Gasteiger partial charge in [-0.25, -0.2) is 10.8 Å². The SMILES string of the molecule is CCN(C(=O)c1cccnc1NN)C1CCCC1. The van der Waals surface area contributed by atoms with Crippen molar-refractivity contribution in [3.63, 3.8) is 0 Å². The summed E-state index contributed by atoms with van der Waals surface area (Å²) in [7, 11) is 0. The molecule has 1 aliphatic carbocycles. The predicted octanol–water partition coefficient (Wildman–Crippen LogP) is 1.77. The minimum absolute atomic E-state index is 0.0189. The van der Waals surface area contributed by atoms with Gasteiger partial charge in [0.2, 0.25) is 0 Å². The zero-order valence-corrected chi connectivity index (χ0v) is 10.7. The number of rotatable bonds is 4. The van der Waals surface area contributed by atoms with Gasteiger partial charge in [0, 0.05) is 18.8 Å². The van der Waals surface area contributed by atoms with Gasteiger partial charge >= 0.3 is 0 Å². The lowest BCUT2D eigenvalue weighted by atomic mass is 10.1. The molecule has 5 heteroatoms. The predicted molar refractivity (Wildman–Crippen MR) is 71.0 cm³/mol. The highest BCUT2D eigenvalue weighted by molar-refractivity contribution is 5.98. The first-order valence-corrected chi connectivity index (χ1v) is 6.50. The molecule has 18 heavy (non-hydrogen) atoms. The van der Waals surface area contributed by atoms with Gasteiger partial charge in [-0.1, -0.05) is 12.8 Å². The Morgan fingerprint density at radius 1 is 1.56 bits per heavy atom. The van der Waals surface area contributed by atoms with Crippen LogP contribution < -0.4 is 11.3 Å². The van der Waals surface area contributed by atoms with Gasteiger partial charge in [-0.05, 0) is 31.9 Å². The Morgan fingerprint density at radius 3 is 2.89 bits per heavy atom. The number of pyridine rings is 1. The summed E-state index contributed by atoms with van der Waals surface area (Å²) in [5.74, 6) is 5.86. The maximum absolute atomic E-state index is 12.5. The molecule has 0 bridgehead atoms. The summed E-state index contributed by atoms with van der Waals surface area (Å²) in [6.07, 6.45) is 6.25. The largest absolute Gasteiger partial charge is 0.336 e. The molecule has 0 radical (unpaired) electrons. The molecule has 0 aromatic carbocycles. The van der Waals surface area contributed by atoms with E-state index in [1.807, 2.05) is 11.8 Å². The fourth-order valence-corrected chi connectivity index (χ4v) is 2.63. The number of hydrogen-bond donors (Lipinski definition) is 2. The molecule has 0 aliphatic heterocycles. The Kier molecular flexibility index (Phi) is 4.15. The Morgan fingerprint density at radius 2 is 2.28 bits per heavy atom. The monoisotopic (exact) mass is 248 g/mol. The van der Waals surface area contributed by atoms with E-state index in [-0.39, 0.29) is 5.91 Å². The zero-order valence-electron chi connectivity index (χ0n) is 10.7. The van der Waals surface area contributed by atoms with Crippen molar-refractivity contribution in [2.24, 2.45) is 5.84 Å². The molecular weight excluding hydrogens is 228 g/mol. The summed E-state index contributed by atoms with van der Waals surface area (Å²) < 4.78 is 0. The van der Waals surface area contributed by atoms with E-state index in [2.05, 4.69) is 10.4 Å². The van der Waals surface area contributed by atoms with Crippen LogP contribution in [0.15, 0.2) is 18.3 Å². The third-order valence-electron chi connectivity index (χ3n) is 3.54. The molecule has 1 aliphatic rings. The fourth-order valence-electron chi connectivity index (χ4n) is 2.63. The first-order chi connectivity index (χ1) is 8.77. The van der Waals surface area contributed by atoms with Crippen molar-refractivity contribution in [3.05, 3.63) is 23.9 Å². The van der Waals surface area contributed by atoms with Crippen molar-refractivity contribution in [3.8, 4) is 0 Å². The number of carbonyl (C=O) groups excluding carboxylic acids is 1. The van der Waals surface area contributed by atoms with Crippen LogP contribution in [-0.2, 0) is 0 Å². The van der Waals surface area contributed by atoms with E-state index >= 15 is 0 Å². The first kappa shape index (κ1) is 12.8. The van der Waals surface area contributed by atoms with E-state index in [4.69, 9.17) is 5.84 Å². The van der Waals surface area contributed by atoms with Crippen molar-refractivity contribution >= 4 is 11.7 Å². The highest BCUT2D eigenvalue weighted by Crippen LogP contribution is 2.25. The van der Waals surface area contributed by atoms with Crippen LogP contribution in [0.1, 0.15) is 43.0 Å². The van der Waals surface area contributed by atoms with E-state index in [1.165, 1.54) is 12.8 Å². The van der Waals surface area contributed by atoms with Crippen LogP contribution in [0.3, 0.4) is 0 Å². The van der Waals surface area contributed by atoms with Gasteiger partial charge in [0.25, 0.3) is 5.91 Å². The number of nitrogens with two attached hydrogens (primary N) is 1. The van der Waals surface area contributed by atoms with Crippen LogP contribution in [0.4, 0.5) is 5.82 Å². The number of aromatic nitrogens is 1. The molecule has 3 N–H and O–H groups in total. The van der Waals surface area contributed by atoms with Gasteiger partial charge in [-0.3, -0.25) is 4.79 Å².